The summed E-state index contributed by atoms with van der Waals surface area (Å²) in [6.07, 6.45) is 0.238. The molecule has 1 amide bonds. The maximum absolute atomic E-state index is 15.1. The summed E-state index contributed by atoms with van der Waals surface area (Å²) >= 11 is 6.58. The van der Waals surface area contributed by atoms with Crippen LogP contribution in [0.5, 0.6) is 0 Å². The molecule has 2 saturated heterocycles. The molecule has 2 heterocycles. The molecular weight excluding hydrogens is 536 g/mol. The first-order chi connectivity index (χ1) is 19.3. The number of hydrogen-bond donors (Lipinski definition) is 2. The number of alkyl halides is 2. The number of amides is 1. The van der Waals surface area contributed by atoms with Gasteiger partial charge in [-0.05, 0) is 66.4 Å². The molecule has 3 aromatic rings. The van der Waals surface area contributed by atoms with Crippen LogP contribution in [-0.4, -0.2) is 73.8 Å². The Labute approximate surface area is 238 Å². The van der Waals surface area contributed by atoms with Crippen molar-refractivity contribution in [3.05, 3.63) is 76.8 Å². The van der Waals surface area contributed by atoms with Crippen LogP contribution in [0.4, 0.5) is 14.5 Å². The molecule has 3 aromatic carbocycles. The molecule has 6 nitrogen and oxygen atoms in total. The van der Waals surface area contributed by atoms with Gasteiger partial charge in [0, 0.05) is 26.1 Å². The van der Waals surface area contributed by atoms with E-state index >= 15 is 8.78 Å². The number of benzene rings is 3. The van der Waals surface area contributed by atoms with Crippen LogP contribution in [0, 0.1) is 0 Å². The lowest BCUT2D eigenvalue weighted by atomic mass is 9.99. The van der Waals surface area contributed by atoms with Crippen molar-refractivity contribution in [1.82, 2.24) is 10.2 Å². The SMILES string of the molecule is O=C(N[C@H](CN1CCCC1)[C@@H](O)c1ccc(N2CCOCC2)c(Cl)c1)C(F)(F)CCc1ccc2ccccc2c1. The summed E-state index contributed by atoms with van der Waals surface area (Å²) in [5, 5.41) is 16.3. The molecule has 0 saturated carbocycles. The number of ether oxygens (including phenoxy) is 1. The van der Waals surface area contributed by atoms with Crippen LogP contribution in [-0.2, 0) is 16.0 Å². The normalized spacial score (nSPS) is 18.1. The summed E-state index contributed by atoms with van der Waals surface area (Å²) < 4.78 is 35.7. The van der Waals surface area contributed by atoms with Gasteiger partial charge in [0.25, 0.3) is 5.91 Å². The van der Waals surface area contributed by atoms with Crippen molar-refractivity contribution >= 4 is 34.0 Å². The minimum Gasteiger partial charge on any atom is -0.386 e. The van der Waals surface area contributed by atoms with Gasteiger partial charge in [0.2, 0.25) is 0 Å². The first kappa shape index (κ1) is 28.7. The molecule has 0 spiro atoms. The number of halogens is 3. The van der Waals surface area contributed by atoms with E-state index in [4.69, 9.17) is 16.3 Å². The van der Waals surface area contributed by atoms with E-state index < -0.39 is 30.4 Å². The van der Waals surface area contributed by atoms with Gasteiger partial charge in [0.1, 0.15) is 6.10 Å². The second-order valence-electron chi connectivity index (χ2n) is 10.7. The van der Waals surface area contributed by atoms with Gasteiger partial charge in [-0.15, -0.1) is 0 Å². The van der Waals surface area contributed by atoms with Gasteiger partial charge in [-0.1, -0.05) is 60.1 Å². The van der Waals surface area contributed by atoms with Gasteiger partial charge < -0.3 is 25.0 Å². The summed E-state index contributed by atoms with van der Waals surface area (Å²) in [6, 6.07) is 17.7. The highest BCUT2D eigenvalue weighted by Gasteiger charge is 2.40. The predicted octanol–water partition coefficient (Wildman–Crippen LogP) is 5.21. The van der Waals surface area contributed by atoms with Crippen LogP contribution in [0.15, 0.2) is 60.7 Å². The third kappa shape index (κ3) is 6.92. The van der Waals surface area contributed by atoms with Gasteiger partial charge >= 0.3 is 5.92 Å². The Morgan fingerprint density at radius 3 is 2.45 bits per heavy atom. The Bertz CT molecular complexity index is 1310. The molecule has 9 heteroatoms. The smallest absolute Gasteiger partial charge is 0.324 e. The quantitative estimate of drug-likeness (QED) is 0.350. The zero-order valence-corrected chi connectivity index (χ0v) is 23.3. The van der Waals surface area contributed by atoms with Crippen LogP contribution in [0.1, 0.15) is 36.5 Å². The number of carbonyl (C=O) groups is 1. The van der Waals surface area contributed by atoms with Crippen molar-refractivity contribution in [2.24, 2.45) is 0 Å². The second-order valence-corrected chi connectivity index (χ2v) is 11.1. The average molecular weight is 572 g/mol. The fourth-order valence-electron chi connectivity index (χ4n) is 5.55. The number of carbonyl (C=O) groups excluding carboxylic acids is 1. The molecule has 0 bridgehead atoms. The third-order valence-electron chi connectivity index (χ3n) is 7.89. The Balaban J connectivity index is 1.28. The number of hydrogen-bond acceptors (Lipinski definition) is 5. The summed E-state index contributed by atoms with van der Waals surface area (Å²) in [6.45, 7) is 4.52. The summed E-state index contributed by atoms with van der Waals surface area (Å²) in [5.74, 6) is -4.96. The number of aliphatic hydroxyl groups excluding tert-OH is 1. The number of rotatable bonds is 10. The molecule has 2 N–H and O–H groups in total. The van der Waals surface area contributed by atoms with Gasteiger partial charge in [0.15, 0.2) is 0 Å². The fraction of sp³-hybridized carbons (Fsp3) is 0.452. The first-order valence-electron chi connectivity index (χ1n) is 14.0. The van der Waals surface area contributed by atoms with E-state index in [2.05, 4.69) is 15.1 Å². The van der Waals surface area contributed by atoms with Gasteiger partial charge in [0.05, 0.1) is 30.0 Å². The fourth-order valence-corrected chi connectivity index (χ4v) is 5.86. The van der Waals surface area contributed by atoms with Gasteiger partial charge in [-0.25, -0.2) is 0 Å². The lowest BCUT2D eigenvalue weighted by Gasteiger charge is -2.32. The van der Waals surface area contributed by atoms with Crippen LogP contribution in [0.25, 0.3) is 10.8 Å². The average Bonchev–Trinajstić information content (AvgIpc) is 3.49. The lowest BCUT2D eigenvalue weighted by Crippen LogP contribution is -2.51. The predicted molar refractivity (Wildman–Crippen MR) is 154 cm³/mol. The Morgan fingerprint density at radius 2 is 1.73 bits per heavy atom. The van der Waals surface area contributed by atoms with Crippen LogP contribution in [0.3, 0.4) is 0 Å². The van der Waals surface area contributed by atoms with E-state index in [1.54, 1.807) is 12.1 Å². The van der Waals surface area contributed by atoms with Crippen molar-refractivity contribution in [3.8, 4) is 0 Å². The highest BCUT2D eigenvalue weighted by molar-refractivity contribution is 6.33. The molecular formula is C31H36ClF2N3O3. The maximum atomic E-state index is 15.1. The number of nitrogens with one attached hydrogen (secondary N) is 1. The van der Waals surface area contributed by atoms with Crippen LogP contribution < -0.4 is 10.2 Å². The second kappa shape index (κ2) is 12.8. The van der Waals surface area contributed by atoms with E-state index in [0.29, 0.717) is 36.9 Å². The lowest BCUT2D eigenvalue weighted by molar-refractivity contribution is -0.148. The summed E-state index contributed by atoms with van der Waals surface area (Å²) in [5.41, 5.74) is 2.06. The van der Waals surface area contributed by atoms with E-state index in [1.807, 2.05) is 48.5 Å². The minimum atomic E-state index is -3.59. The van der Waals surface area contributed by atoms with E-state index in [1.165, 1.54) is 0 Å². The molecule has 40 heavy (non-hydrogen) atoms. The molecule has 5 rings (SSSR count). The molecule has 2 atom stereocenters. The zero-order valence-electron chi connectivity index (χ0n) is 22.5. The molecule has 0 aromatic heterocycles. The number of aryl methyl sites for hydroxylation is 1. The number of nitrogens with zero attached hydrogens (tertiary/aromatic N) is 2. The van der Waals surface area contributed by atoms with E-state index in [-0.39, 0.29) is 13.0 Å². The monoisotopic (exact) mass is 571 g/mol. The highest BCUT2D eigenvalue weighted by atomic mass is 35.5. The summed E-state index contributed by atoms with van der Waals surface area (Å²) in [7, 11) is 0. The zero-order chi connectivity index (χ0) is 28.1. The van der Waals surface area contributed by atoms with Gasteiger partial charge in [-0.2, -0.15) is 8.78 Å². The number of anilines is 1. The molecule has 2 aliphatic rings. The number of aliphatic hydroxyl groups is 1. The third-order valence-corrected chi connectivity index (χ3v) is 8.19. The Kier molecular flexibility index (Phi) is 9.20. The largest absolute Gasteiger partial charge is 0.386 e. The molecule has 2 fully saturated rings. The van der Waals surface area contributed by atoms with Crippen LogP contribution >= 0.6 is 11.6 Å². The number of fused-ring (bicyclic) bond motifs is 1. The van der Waals surface area contributed by atoms with Crippen LogP contribution in [0.2, 0.25) is 5.02 Å². The van der Waals surface area contributed by atoms with E-state index in [0.717, 1.165) is 48.0 Å². The molecule has 214 valence electrons. The van der Waals surface area contributed by atoms with Crippen molar-refractivity contribution in [2.75, 3.05) is 50.8 Å². The topological polar surface area (TPSA) is 65.0 Å². The van der Waals surface area contributed by atoms with Crippen molar-refractivity contribution in [3.63, 3.8) is 0 Å². The van der Waals surface area contributed by atoms with Crippen molar-refractivity contribution in [2.45, 2.75) is 43.8 Å². The summed E-state index contributed by atoms with van der Waals surface area (Å²) in [4.78, 5) is 17.1. The van der Waals surface area contributed by atoms with Crippen molar-refractivity contribution < 1.29 is 23.4 Å². The molecule has 2 aliphatic heterocycles. The van der Waals surface area contributed by atoms with E-state index in [9.17, 15) is 9.90 Å². The standard InChI is InChI=1S/C31H36ClF2N3O3/c32-26-20-25(9-10-28(26)37-15-17-40-18-16-37)29(38)27(21-36-13-3-4-14-36)35-30(39)31(33,34)12-11-22-7-8-23-5-1-2-6-24(23)19-22/h1-2,5-10,19-20,27,29,38H,3-4,11-18,21H2,(H,35,39)/t27-,29+/m1/s1. The Morgan fingerprint density at radius 1 is 1.00 bits per heavy atom. The molecule has 0 unspecified atom stereocenters. The molecule has 0 radical (unpaired) electrons. The highest BCUT2D eigenvalue weighted by Crippen LogP contribution is 2.32. The first-order valence-corrected chi connectivity index (χ1v) is 14.4. The number of morpholine rings is 1. The maximum Gasteiger partial charge on any atom is 0.324 e. The number of likely N-dealkylation sites (tertiary alicyclic amines) is 1. The van der Waals surface area contributed by atoms with Gasteiger partial charge in [-0.3, -0.25) is 4.79 Å². The minimum absolute atomic E-state index is 0.0587. The Hall–Kier alpha value is -2.78. The molecule has 0 aliphatic carbocycles. The van der Waals surface area contributed by atoms with Crippen molar-refractivity contribution in [1.29, 1.82) is 0 Å².